The maximum Gasteiger partial charge on any atom is 0.302 e. The van der Waals surface area contributed by atoms with Crippen LogP contribution in [0.4, 0.5) is 16.2 Å². The van der Waals surface area contributed by atoms with Crippen LogP contribution in [0.2, 0.25) is 0 Å². The Labute approximate surface area is 217 Å². The lowest BCUT2D eigenvalue weighted by molar-refractivity contribution is 0.107. The Morgan fingerprint density at radius 3 is 1.49 bits per heavy atom. The van der Waals surface area contributed by atoms with E-state index in [1.807, 2.05) is 12.1 Å². The number of amides is 1. The SMILES string of the molecule is C=Cc1cc(C=C)c(C(=O)P(=O)(C(=O)N(c2ccccc2)c2ccccc2)c2ccccc2)c(C=C)c1. The third-order valence-electron chi connectivity index (χ3n) is 6.01. The van der Waals surface area contributed by atoms with Gasteiger partial charge in [-0.2, -0.15) is 0 Å². The van der Waals surface area contributed by atoms with Crippen LogP contribution in [-0.2, 0) is 4.57 Å². The highest BCUT2D eigenvalue weighted by atomic mass is 31.2. The maximum absolute atomic E-state index is 15.1. The van der Waals surface area contributed by atoms with Crippen molar-refractivity contribution in [1.29, 1.82) is 0 Å². The molecule has 0 saturated carbocycles. The number of hydrogen-bond donors (Lipinski definition) is 0. The van der Waals surface area contributed by atoms with Gasteiger partial charge in [-0.15, -0.1) is 0 Å². The van der Waals surface area contributed by atoms with Gasteiger partial charge in [0.2, 0.25) is 5.52 Å². The molecule has 0 aliphatic carbocycles. The Bertz CT molecular complexity index is 1460. The molecule has 182 valence electrons. The zero-order valence-corrected chi connectivity index (χ0v) is 21.2. The number of rotatable bonds is 9. The summed E-state index contributed by atoms with van der Waals surface area (Å²) in [6, 6.07) is 29.4. The monoisotopic (exact) mass is 503 g/mol. The molecule has 0 radical (unpaired) electrons. The fraction of sp³-hybridized carbons (Fsp3) is 0. The Balaban J connectivity index is 2.01. The Morgan fingerprint density at radius 2 is 1.08 bits per heavy atom. The van der Waals surface area contributed by atoms with Crippen molar-refractivity contribution in [1.82, 2.24) is 0 Å². The van der Waals surface area contributed by atoms with E-state index >= 15 is 4.57 Å². The molecule has 5 heteroatoms. The molecule has 4 aromatic carbocycles. The van der Waals surface area contributed by atoms with E-state index < -0.39 is 18.3 Å². The van der Waals surface area contributed by atoms with Gasteiger partial charge in [0.1, 0.15) is 0 Å². The summed E-state index contributed by atoms with van der Waals surface area (Å²) in [7, 11) is -4.44. The van der Waals surface area contributed by atoms with Crippen molar-refractivity contribution < 1.29 is 14.2 Å². The molecule has 0 saturated heterocycles. The lowest BCUT2D eigenvalue weighted by atomic mass is 9.98. The van der Waals surface area contributed by atoms with E-state index in [4.69, 9.17) is 0 Å². The first kappa shape index (κ1) is 25.6. The summed E-state index contributed by atoms with van der Waals surface area (Å²) in [5.74, 6) is 0. The molecule has 0 bridgehead atoms. The minimum absolute atomic E-state index is 0.136. The van der Waals surface area contributed by atoms with Crippen molar-refractivity contribution in [3.63, 3.8) is 0 Å². The van der Waals surface area contributed by atoms with E-state index in [1.165, 1.54) is 17.1 Å². The number of nitrogens with zero attached hydrogens (tertiary/aromatic N) is 1. The average Bonchev–Trinajstić information content (AvgIpc) is 2.97. The molecular formula is C32H26NO3P. The molecule has 4 aromatic rings. The third kappa shape index (κ3) is 4.80. The molecule has 1 unspecified atom stereocenters. The number of hydrogen-bond acceptors (Lipinski definition) is 3. The highest BCUT2D eigenvalue weighted by Crippen LogP contribution is 2.53. The summed E-state index contributed by atoms with van der Waals surface area (Å²) in [4.78, 5) is 30.2. The highest BCUT2D eigenvalue weighted by molar-refractivity contribution is 8.00. The normalized spacial score (nSPS) is 12.1. The van der Waals surface area contributed by atoms with Gasteiger partial charge in [0.05, 0.1) is 0 Å². The summed E-state index contributed by atoms with van der Waals surface area (Å²) in [5.41, 5.74) is 1.20. The smallest absolute Gasteiger partial charge is 0.300 e. The number of carbonyl (C=O) groups is 2. The molecule has 0 aliphatic heterocycles. The van der Waals surface area contributed by atoms with Crippen LogP contribution in [0.3, 0.4) is 0 Å². The topological polar surface area (TPSA) is 54.5 Å². The minimum Gasteiger partial charge on any atom is -0.300 e. The quantitative estimate of drug-likeness (QED) is 0.216. The molecule has 0 N–H and O–H groups in total. The number of carbonyl (C=O) groups excluding carboxylic acids is 2. The predicted octanol–water partition coefficient (Wildman–Crippen LogP) is 8.40. The Hall–Kier alpha value is -4.53. The van der Waals surface area contributed by atoms with Gasteiger partial charge in [-0.3, -0.25) is 19.1 Å². The molecule has 0 aliphatic rings. The highest BCUT2D eigenvalue weighted by Gasteiger charge is 2.46. The fourth-order valence-electron chi connectivity index (χ4n) is 4.17. The predicted molar refractivity (Wildman–Crippen MR) is 155 cm³/mol. The van der Waals surface area contributed by atoms with Crippen molar-refractivity contribution in [3.8, 4) is 0 Å². The summed E-state index contributed by atoms with van der Waals surface area (Å²) >= 11 is 0. The summed E-state index contributed by atoms with van der Waals surface area (Å²) in [6.45, 7) is 11.5. The molecule has 1 atom stereocenters. The lowest BCUT2D eigenvalue weighted by Gasteiger charge is -2.28. The fourth-order valence-corrected chi connectivity index (χ4v) is 6.48. The number of anilines is 2. The van der Waals surface area contributed by atoms with Crippen LogP contribution >= 0.6 is 7.14 Å². The zero-order valence-electron chi connectivity index (χ0n) is 20.3. The Kier molecular flexibility index (Phi) is 7.62. The van der Waals surface area contributed by atoms with Gasteiger partial charge in [0.25, 0.3) is 7.14 Å². The van der Waals surface area contributed by atoms with E-state index in [0.29, 0.717) is 22.5 Å². The van der Waals surface area contributed by atoms with Gasteiger partial charge < -0.3 is 0 Å². The summed E-state index contributed by atoms with van der Waals surface area (Å²) in [5, 5.41) is 0.152. The van der Waals surface area contributed by atoms with E-state index in [0.717, 1.165) is 5.56 Å². The van der Waals surface area contributed by atoms with Crippen molar-refractivity contribution in [2.24, 2.45) is 0 Å². The van der Waals surface area contributed by atoms with Crippen LogP contribution in [0.25, 0.3) is 18.2 Å². The molecule has 1 amide bonds. The Morgan fingerprint density at radius 1 is 0.649 bits per heavy atom. The molecule has 4 rings (SSSR count). The minimum atomic E-state index is -4.44. The van der Waals surface area contributed by atoms with E-state index in [1.54, 1.807) is 97.1 Å². The van der Waals surface area contributed by atoms with Gasteiger partial charge in [0, 0.05) is 22.2 Å². The van der Waals surface area contributed by atoms with E-state index in [2.05, 4.69) is 19.7 Å². The van der Waals surface area contributed by atoms with Crippen LogP contribution in [0.15, 0.2) is 123 Å². The molecule has 0 spiro atoms. The third-order valence-corrected chi connectivity index (χ3v) is 8.57. The molecule has 4 nitrogen and oxygen atoms in total. The van der Waals surface area contributed by atoms with E-state index in [9.17, 15) is 9.59 Å². The van der Waals surface area contributed by atoms with Gasteiger partial charge in [-0.25, -0.2) is 0 Å². The average molecular weight is 504 g/mol. The van der Waals surface area contributed by atoms with Crippen molar-refractivity contribution in [2.75, 3.05) is 4.90 Å². The van der Waals surface area contributed by atoms with Gasteiger partial charge in [-0.1, -0.05) is 105 Å². The largest absolute Gasteiger partial charge is 0.302 e. The molecule has 0 aromatic heterocycles. The van der Waals surface area contributed by atoms with Gasteiger partial charge in [0.15, 0.2) is 0 Å². The summed E-state index contributed by atoms with van der Waals surface area (Å²) in [6.07, 6.45) is 4.67. The first-order chi connectivity index (χ1) is 17.9. The van der Waals surface area contributed by atoms with Gasteiger partial charge >= 0.3 is 5.65 Å². The second-order valence-corrected chi connectivity index (χ2v) is 10.7. The van der Waals surface area contributed by atoms with Crippen LogP contribution in [0, 0.1) is 0 Å². The van der Waals surface area contributed by atoms with Crippen molar-refractivity contribution >= 4 is 53.2 Å². The zero-order chi connectivity index (χ0) is 26.4. The molecule has 37 heavy (non-hydrogen) atoms. The van der Waals surface area contributed by atoms with Crippen LogP contribution in [0.5, 0.6) is 0 Å². The second kappa shape index (κ2) is 11.0. The van der Waals surface area contributed by atoms with Crippen molar-refractivity contribution in [2.45, 2.75) is 0 Å². The van der Waals surface area contributed by atoms with E-state index in [-0.39, 0.29) is 10.9 Å². The second-order valence-electron chi connectivity index (χ2n) is 8.23. The first-order valence-corrected chi connectivity index (χ1v) is 13.4. The lowest BCUT2D eigenvalue weighted by Crippen LogP contribution is -2.31. The standard InChI is InChI=1S/C32H26NO3P/c1-4-24-22-25(5-2)30(26(6-3)23-24)31(34)37(36,29-20-14-9-15-21-29)32(35)33(27-16-10-7-11-17-27)28-18-12-8-13-19-28/h4-23H,1-3H2. The summed E-state index contributed by atoms with van der Waals surface area (Å²) < 4.78 is 15.1. The number of para-hydroxylation sites is 2. The van der Waals surface area contributed by atoms with Gasteiger partial charge in [-0.05, 0) is 53.1 Å². The van der Waals surface area contributed by atoms with Crippen LogP contribution < -0.4 is 10.2 Å². The van der Waals surface area contributed by atoms with Crippen molar-refractivity contribution in [3.05, 3.63) is 145 Å². The molecular weight excluding hydrogens is 477 g/mol. The van der Waals surface area contributed by atoms with Crippen LogP contribution in [0.1, 0.15) is 27.0 Å². The molecule has 0 heterocycles. The maximum atomic E-state index is 15.1. The first-order valence-electron chi connectivity index (χ1n) is 11.7. The van der Waals surface area contributed by atoms with Crippen LogP contribution in [-0.4, -0.2) is 11.2 Å². The number of benzene rings is 4. The molecule has 0 fully saturated rings.